The Hall–Kier alpha value is -0.830. The Bertz CT molecular complexity index is 137. The molecule has 44 valence electrons. The molecule has 0 aromatic heterocycles. The van der Waals surface area contributed by atoms with Gasteiger partial charge in [-0.15, -0.1) is 0 Å². The largest absolute Gasteiger partial charge is 0.311 e. The van der Waals surface area contributed by atoms with Crippen LogP contribution in [-0.4, -0.2) is 17.3 Å². The van der Waals surface area contributed by atoms with Gasteiger partial charge in [0.15, 0.2) is 0 Å². The fourth-order valence-electron chi connectivity index (χ4n) is 0.604. The molecule has 0 aromatic carbocycles. The molecule has 0 fully saturated rings. The van der Waals surface area contributed by atoms with Crippen molar-refractivity contribution in [3.63, 3.8) is 0 Å². The van der Waals surface area contributed by atoms with Crippen LogP contribution < -0.4 is 5.84 Å². The molecule has 1 rings (SSSR count). The zero-order chi connectivity index (χ0) is 5.98. The molecule has 0 spiro atoms. The van der Waals surface area contributed by atoms with Crippen molar-refractivity contribution >= 4 is 5.71 Å². The first-order chi connectivity index (χ1) is 3.79. The number of nitrogens with zero attached hydrogens (tertiary/aromatic N) is 2. The van der Waals surface area contributed by atoms with E-state index in [1.165, 1.54) is 0 Å². The van der Waals surface area contributed by atoms with Crippen molar-refractivity contribution in [3.8, 4) is 0 Å². The van der Waals surface area contributed by atoms with E-state index in [0.717, 1.165) is 12.3 Å². The van der Waals surface area contributed by atoms with E-state index >= 15 is 0 Å². The summed E-state index contributed by atoms with van der Waals surface area (Å²) in [6.45, 7) is 2.69. The van der Waals surface area contributed by atoms with Gasteiger partial charge in [-0.1, -0.05) is 0 Å². The molecule has 0 saturated heterocycles. The van der Waals surface area contributed by atoms with E-state index < -0.39 is 0 Å². The summed E-state index contributed by atoms with van der Waals surface area (Å²) in [6, 6.07) is 0. The molecule has 0 saturated carbocycles. The van der Waals surface area contributed by atoms with Gasteiger partial charge in [0.2, 0.25) is 0 Å². The van der Waals surface area contributed by atoms with Gasteiger partial charge in [-0.25, -0.2) is 5.84 Å². The standard InChI is InChI=1S/C5H9N3/c1-5-4-8(6)3-2-7-5/h2-3H,4,6H2,1H3. The monoisotopic (exact) mass is 111 g/mol. The lowest BCUT2D eigenvalue weighted by molar-refractivity contribution is 0.444. The van der Waals surface area contributed by atoms with Gasteiger partial charge < -0.3 is 5.01 Å². The van der Waals surface area contributed by atoms with Crippen LogP contribution in [0.15, 0.2) is 17.4 Å². The fourth-order valence-corrected chi connectivity index (χ4v) is 0.604. The molecule has 3 nitrogen and oxygen atoms in total. The van der Waals surface area contributed by atoms with Gasteiger partial charge in [-0.3, -0.25) is 4.99 Å². The lowest BCUT2D eigenvalue weighted by Gasteiger charge is -2.14. The Kier molecular flexibility index (Phi) is 1.30. The highest BCUT2D eigenvalue weighted by Gasteiger charge is 1.97. The normalized spacial score (nSPS) is 18.8. The molecule has 0 bridgehead atoms. The molecule has 0 aromatic rings. The SMILES string of the molecule is CC1=NC=CN(N)C1. The molecule has 0 radical (unpaired) electrons. The Morgan fingerprint density at radius 3 is 3.00 bits per heavy atom. The highest BCUT2D eigenvalue weighted by molar-refractivity contribution is 5.85. The molecule has 1 aliphatic rings. The van der Waals surface area contributed by atoms with Crippen LogP contribution in [0.2, 0.25) is 0 Å². The van der Waals surface area contributed by atoms with Crippen molar-refractivity contribution in [2.45, 2.75) is 6.92 Å². The number of hydrogen-bond donors (Lipinski definition) is 1. The predicted molar refractivity (Wildman–Crippen MR) is 33.1 cm³/mol. The van der Waals surface area contributed by atoms with E-state index in [1.807, 2.05) is 6.92 Å². The lowest BCUT2D eigenvalue weighted by Crippen LogP contribution is -2.31. The quantitative estimate of drug-likeness (QED) is 0.451. The van der Waals surface area contributed by atoms with Gasteiger partial charge in [-0.2, -0.15) is 0 Å². The summed E-state index contributed by atoms with van der Waals surface area (Å²) < 4.78 is 0. The lowest BCUT2D eigenvalue weighted by atomic mass is 10.4. The van der Waals surface area contributed by atoms with E-state index in [-0.39, 0.29) is 0 Å². The summed E-state index contributed by atoms with van der Waals surface area (Å²) in [6.07, 6.45) is 3.44. The highest BCUT2D eigenvalue weighted by Crippen LogP contribution is 1.91. The minimum atomic E-state index is 0.747. The zero-order valence-electron chi connectivity index (χ0n) is 4.83. The van der Waals surface area contributed by atoms with Gasteiger partial charge in [-0.05, 0) is 6.92 Å². The molecule has 0 amide bonds. The van der Waals surface area contributed by atoms with E-state index in [4.69, 9.17) is 5.84 Å². The predicted octanol–water partition coefficient (Wildman–Crippen LogP) is 0.108. The maximum absolute atomic E-state index is 5.39. The van der Waals surface area contributed by atoms with Crippen LogP contribution in [0.3, 0.4) is 0 Å². The van der Waals surface area contributed by atoms with Crippen molar-refractivity contribution in [3.05, 3.63) is 12.4 Å². The maximum atomic E-state index is 5.39. The number of aliphatic imine (C=N–C) groups is 1. The van der Waals surface area contributed by atoms with Crippen LogP contribution in [0.25, 0.3) is 0 Å². The van der Waals surface area contributed by atoms with E-state index in [0.29, 0.717) is 0 Å². The van der Waals surface area contributed by atoms with Gasteiger partial charge in [0.1, 0.15) is 0 Å². The molecular weight excluding hydrogens is 102 g/mol. The Balaban J connectivity index is 2.59. The maximum Gasteiger partial charge on any atom is 0.0716 e. The van der Waals surface area contributed by atoms with Gasteiger partial charge in [0.05, 0.1) is 6.54 Å². The van der Waals surface area contributed by atoms with Crippen LogP contribution in [0, 0.1) is 0 Å². The van der Waals surface area contributed by atoms with Crippen molar-refractivity contribution in [2.24, 2.45) is 10.8 Å². The van der Waals surface area contributed by atoms with Crippen LogP contribution in [-0.2, 0) is 0 Å². The van der Waals surface area contributed by atoms with Gasteiger partial charge >= 0.3 is 0 Å². The molecule has 0 aliphatic carbocycles. The molecule has 0 atom stereocenters. The molecule has 8 heavy (non-hydrogen) atoms. The molecule has 0 unspecified atom stereocenters. The molecule has 3 heteroatoms. The second kappa shape index (κ2) is 1.96. The highest BCUT2D eigenvalue weighted by atomic mass is 15.4. The van der Waals surface area contributed by atoms with Crippen molar-refractivity contribution in [1.29, 1.82) is 0 Å². The molecular formula is C5H9N3. The number of hydrazine groups is 1. The summed E-state index contributed by atoms with van der Waals surface area (Å²) in [5, 5.41) is 1.60. The molecule has 1 aliphatic heterocycles. The molecule has 1 heterocycles. The molecule has 2 N–H and O–H groups in total. The van der Waals surface area contributed by atoms with Crippen molar-refractivity contribution < 1.29 is 0 Å². The number of hydrogen-bond acceptors (Lipinski definition) is 3. The van der Waals surface area contributed by atoms with Crippen molar-refractivity contribution in [1.82, 2.24) is 5.01 Å². The van der Waals surface area contributed by atoms with Crippen LogP contribution in [0.5, 0.6) is 0 Å². The smallest absolute Gasteiger partial charge is 0.0716 e. The number of rotatable bonds is 0. The summed E-state index contributed by atoms with van der Waals surface area (Å²) in [4.78, 5) is 3.99. The summed E-state index contributed by atoms with van der Waals surface area (Å²) in [5.74, 6) is 5.39. The second-order valence-electron chi connectivity index (χ2n) is 1.83. The Morgan fingerprint density at radius 1 is 1.88 bits per heavy atom. The van der Waals surface area contributed by atoms with Crippen molar-refractivity contribution in [2.75, 3.05) is 6.54 Å². The van der Waals surface area contributed by atoms with E-state index in [1.54, 1.807) is 17.4 Å². The Labute approximate surface area is 48.5 Å². The fraction of sp³-hybridized carbons (Fsp3) is 0.400. The topological polar surface area (TPSA) is 41.6 Å². The average Bonchev–Trinajstić information content (AvgIpc) is 1.64. The summed E-state index contributed by atoms with van der Waals surface area (Å²) in [7, 11) is 0. The first-order valence-electron chi connectivity index (χ1n) is 2.50. The van der Waals surface area contributed by atoms with Crippen LogP contribution in [0.4, 0.5) is 0 Å². The Morgan fingerprint density at radius 2 is 2.62 bits per heavy atom. The minimum absolute atomic E-state index is 0.747. The van der Waals surface area contributed by atoms with Crippen LogP contribution in [0.1, 0.15) is 6.92 Å². The third kappa shape index (κ3) is 1.07. The number of nitrogens with two attached hydrogens (primary N) is 1. The summed E-state index contributed by atoms with van der Waals surface area (Å²) in [5.41, 5.74) is 1.05. The first kappa shape index (κ1) is 5.31. The second-order valence-corrected chi connectivity index (χ2v) is 1.83. The minimum Gasteiger partial charge on any atom is -0.311 e. The third-order valence-corrected chi connectivity index (χ3v) is 0.964. The van der Waals surface area contributed by atoms with E-state index in [9.17, 15) is 0 Å². The van der Waals surface area contributed by atoms with Crippen LogP contribution >= 0.6 is 0 Å². The third-order valence-electron chi connectivity index (χ3n) is 0.964. The average molecular weight is 111 g/mol. The summed E-state index contributed by atoms with van der Waals surface area (Å²) >= 11 is 0. The first-order valence-corrected chi connectivity index (χ1v) is 2.50. The van der Waals surface area contributed by atoms with Gasteiger partial charge in [0, 0.05) is 18.1 Å². The van der Waals surface area contributed by atoms with Gasteiger partial charge in [0.25, 0.3) is 0 Å². The zero-order valence-corrected chi connectivity index (χ0v) is 4.83. The van der Waals surface area contributed by atoms with E-state index in [2.05, 4.69) is 4.99 Å².